The van der Waals surface area contributed by atoms with Crippen LogP contribution in [0.2, 0.25) is 5.02 Å². The number of hydrogen-bond donors (Lipinski definition) is 0. The lowest BCUT2D eigenvalue weighted by Gasteiger charge is -2.32. The van der Waals surface area contributed by atoms with E-state index in [1.165, 1.54) is 0 Å². The molecule has 5 heteroatoms. The number of halogens is 1. The first-order valence-electron chi connectivity index (χ1n) is 7.10. The third-order valence-corrected chi connectivity index (χ3v) is 4.54. The number of benzene rings is 1. The van der Waals surface area contributed by atoms with Crippen molar-refractivity contribution in [1.82, 2.24) is 0 Å². The normalized spacial score (nSPS) is 23.9. The van der Waals surface area contributed by atoms with Crippen LogP contribution in [0.3, 0.4) is 0 Å². The van der Waals surface area contributed by atoms with Crippen LogP contribution in [0.15, 0.2) is 18.2 Å². The van der Waals surface area contributed by atoms with Crippen LogP contribution in [0.1, 0.15) is 40.5 Å². The second kappa shape index (κ2) is 4.65. The Kier molecular flexibility index (Phi) is 3.31. The maximum absolute atomic E-state index is 6.09. The van der Waals surface area contributed by atoms with E-state index < -0.39 is 7.12 Å². The fraction of sp³-hybridized carbons (Fsp3) is 0.600. The molecule has 0 radical (unpaired) electrons. The van der Waals surface area contributed by atoms with Crippen molar-refractivity contribution in [3.05, 3.63) is 23.2 Å². The predicted molar refractivity (Wildman–Crippen MR) is 80.8 cm³/mol. The molecule has 1 saturated heterocycles. The van der Waals surface area contributed by atoms with Gasteiger partial charge in [-0.05, 0) is 52.7 Å². The molecular weight excluding hydrogens is 274 g/mol. The van der Waals surface area contributed by atoms with E-state index in [4.69, 9.17) is 25.6 Å². The van der Waals surface area contributed by atoms with Crippen molar-refractivity contribution in [2.45, 2.75) is 57.8 Å². The van der Waals surface area contributed by atoms with E-state index in [0.717, 1.165) is 24.1 Å². The molecule has 1 aromatic rings. The topological polar surface area (TPSA) is 27.7 Å². The van der Waals surface area contributed by atoms with Crippen molar-refractivity contribution in [2.75, 3.05) is 0 Å². The molecule has 1 heterocycles. The fourth-order valence-corrected chi connectivity index (χ4v) is 2.30. The molecule has 3 nitrogen and oxygen atoms in total. The third-order valence-electron chi connectivity index (χ3n) is 4.30. The summed E-state index contributed by atoms with van der Waals surface area (Å²) >= 11 is 6.08. The summed E-state index contributed by atoms with van der Waals surface area (Å²) in [5.74, 6) is 0.776. The molecule has 20 heavy (non-hydrogen) atoms. The molecule has 0 N–H and O–H groups in total. The van der Waals surface area contributed by atoms with Gasteiger partial charge in [-0.25, -0.2) is 0 Å². The van der Waals surface area contributed by atoms with Crippen LogP contribution in [0, 0.1) is 0 Å². The number of hydrogen-bond acceptors (Lipinski definition) is 3. The van der Waals surface area contributed by atoms with Crippen LogP contribution in [0.25, 0.3) is 0 Å². The molecule has 0 spiro atoms. The molecule has 0 atom stereocenters. The zero-order valence-corrected chi connectivity index (χ0v) is 13.2. The summed E-state index contributed by atoms with van der Waals surface area (Å²) in [4.78, 5) is 0. The Balaban J connectivity index is 1.90. The highest BCUT2D eigenvalue weighted by molar-refractivity contribution is 6.63. The van der Waals surface area contributed by atoms with Gasteiger partial charge in [0.05, 0.1) is 17.3 Å². The van der Waals surface area contributed by atoms with Crippen molar-refractivity contribution < 1.29 is 14.0 Å². The van der Waals surface area contributed by atoms with E-state index in [0.29, 0.717) is 11.1 Å². The summed E-state index contributed by atoms with van der Waals surface area (Å²) in [5.41, 5.74) is 0.211. The Hall–Kier alpha value is -0.705. The summed E-state index contributed by atoms with van der Waals surface area (Å²) in [7, 11) is -0.411. The minimum absolute atomic E-state index is 0.314. The maximum atomic E-state index is 6.09. The Bertz CT molecular complexity index is 510. The monoisotopic (exact) mass is 294 g/mol. The standard InChI is InChI=1S/C15H20BClO3/c1-14(2)15(3,4)20-16(19-14)12-8-5-10(17)9-13(12)18-11-6-7-11/h5,8-9,11H,6-7H2,1-4H3. The van der Waals surface area contributed by atoms with Crippen LogP contribution in [0.5, 0.6) is 5.75 Å². The predicted octanol–water partition coefficient (Wildman–Crippen LogP) is 3.18. The lowest BCUT2D eigenvalue weighted by atomic mass is 9.78. The quantitative estimate of drug-likeness (QED) is 0.801. The Morgan fingerprint density at radius 1 is 1.15 bits per heavy atom. The van der Waals surface area contributed by atoms with E-state index in [9.17, 15) is 0 Å². The number of rotatable bonds is 3. The summed E-state index contributed by atoms with van der Waals surface area (Å²) in [6, 6.07) is 5.63. The lowest BCUT2D eigenvalue weighted by molar-refractivity contribution is 0.00578. The van der Waals surface area contributed by atoms with Gasteiger partial charge in [0.15, 0.2) is 0 Å². The van der Waals surface area contributed by atoms with Gasteiger partial charge in [0.1, 0.15) is 5.75 Å². The van der Waals surface area contributed by atoms with Gasteiger partial charge >= 0.3 is 7.12 Å². The highest BCUT2D eigenvalue weighted by atomic mass is 35.5. The van der Waals surface area contributed by atoms with Crippen molar-refractivity contribution in [3.8, 4) is 5.75 Å². The summed E-state index contributed by atoms with van der Waals surface area (Å²) in [6.45, 7) is 8.18. The molecule has 0 amide bonds. The molecule has 1 aromatic carbocycles. The molecule has 1 aliphatic heterocycles. The van der Waals surface area contributed by atoms with Crippen molar-refractivity contribution >= 4 is 24.2 Å². The fourth-order valence-electron chi connectivity index (χ4n) is 2.14. The minimum Gasteiger partial charge on any atom is -0.491 e. The molecule has 2 fully saturated rings. The van der Waals surface area contributed by atoms with E-state index in [1.807, 2.05) is 45.9 Å². The first-order valence-corrected chi connectivity index (χ1v) is 7.48. The largest absolute Gasteiger partial charge is 0.498 e. The van der Waals surface area contributed by atoms with Crippen LogP contribution in [0.4, 0.5) is 0 Å². The third kappa shape index (κ3) is 2.57. The zero-order chi connectivity index (χ0) is 14.5. The Labute approximate surface area is 125 Å². The molecule has 2 aliphatic rings. The van der Waals surface area contributed by atoms with E-state index in [-0.39, 0.29) is 11.2 Å². The average Bonchev–Trinajstić information content (AvgIpc) is 3.07. The highest BCUT2D eigenvalue weighted by Crippen LogP contribution is 2.38. The van der Waals surface area contributed by atoms with E-state index in [1.54, 1.807) is 0 Å². The van der Waals surface area contributed by atoms with Crippen molar-refractivity contribution in [1.29, 1.82) is 0 Å². The van der Waals surface area contributed by atoms with Gasteiger partial charge in [0, 0.05) is 10.5 Å². The average molecular weight is 295 g/mol. The van der Waals surface area contributed by atoms with Gasteiger partial charge in [0.2, 0.25) is 0 Å². The molecule has 3 rings (SSSR count). The van der Waals surface area contributed by atoms with Gasteiger partial charge < -0.3 is 14.0 Å². The first kappa shape index (κ1) is 14.2. The van der Waals surface area contributed by atoms with Crippen LogP contribution in [-0.4, -0.2) is 24.4 Å². The molecule has 1 saturated carbocycles. The summed E-state index contributed by atoms with van der Waals surface area (Å²) in [5, 5.41) is 0.668. The molecule has 0 aromatic heterocycles. The lowest BCUT2D eigenvalue weighted by Crippen LogP contribution is -2.41. The maximum Gasteiger partial charge on any atom is 0.498 e. The molecule has 1 aliphatic carbocycles. The van der Waals surface area contributed by atoms with Gasteiger partial charge in [-0.1, -0.05) is 17.7 Å². The van der Waals surface area contributed by atoms with Crippen LogP contribution < -0.4 is 10.2 Å². The Morgan fingerprint density at radius 2 is 1.75 bits per heavy atom. The summed E-state index contributed by atoms with van der Waals surface area (Å²) in [6.07, 6.45) is 2.53. The molecule has 0 bridgehead atoms. The Morgan fingerprint density at radius 3 is 2.30 bits per heavy atom. The highest BCUT2D eigenvalue weighted by Gasteiger charge is 2.52. The van der Waals surface area contributed by atoms with Gasteiger partial charge in [-0.2, -0.15) is 0 Å². The van der Waals surface area contributed by atoms with E-state index in [2.05, 4.69) is 0 Å². The smallest absolute Gasteiger partial charge is 0.491 e. The first-order chi connectivity index (χ1) is 9.28. The van der Waals surface area contributed by atoms with Crippen molar-refractivity contribution in [2.24, 2.45) is 0 Å². The zero-order valence-electron chi connectivity index (χ0n) is 12.4. The SMILES string of the molecule is CC1(C)OB(c2ccc(Cl)cc2OC2CC2)OC1(C)C. The minimum atomic E-state index is -0.411. The molecule has 0 unspecified atom stereocenters. The molecule has 108 valence electrons. The van der Waals surface area contributed by atoms with Crippen LogP contribution in [-0.2, 0) is 9.31 Å². The second-order valence-corrected chi connectivity index (χ2v) is 7.02. The van der Waals surface area contributed by atoms with Crippen molar-refractivity contribution in [3.63, 3.8) is 0 Å². The molecular formula is C15H20BClO3. The number of ether oxygens (including phenoxy) is 1. The van der Waals surface area contributed by atoms with Crippen LogP contribution >= 0.6 is 11.6 Å². The van der Waals surface area contributed by atoms with E-state index >= 15 is 0 Å². The van der Waals surface area contributed by atoms with Gasteiger partial charge in [-0.15, -0.1) is 0 Å². The summed E-state index contributed by atoms with van der Waals surface area (Å²) < 4.78 is 18.1. The second-order valence-electron chi connectivity index (χ2n) is 6.59. The van der Waals surface area contributed by atoms with Gasteiger partial charge in [0.25, 0.3) is 0 Å². The van der Waals surface area contributed by atoms with Gasteiger partial charge in [-0.3, -0.25) is 0 Å².